The van der Waals surface area contributed by atoms with Gasteiger partial charge in [-0.3, -0.25) is 9.69 Å². The van der Waals surface area contributed by atoms with Crippen molar-refractivity contribution in [2.45, 2.75) is 39.3 Å². The van der Waals surface area contributed by atoms with Crippen LogP contribution in [-0.4, -0.2) is 66.2 Å². The van der Waals surface area contributed by atoms with Gasteiger partial charge >= 0.3 is 5.97 Å². The largest absolute Gasteiger partial charge is 0.496 e. The van der Waals surface area contributed by atoms with Gasteiger partial charge in [0.05, 0.1) is 25.7 Å². The van der Waals surface area contributed by atoms with E-state index in [1.165, 1.54) is 11.9 Å². The maximum atomic E-state index is 12.8. The van der Waals surface area contributed by atoms with E-state index in [1.807, 2.05) is 13.0 Å². The highest BCUT2D eigenvalue weighted by Crippen LogP contribution is 2.36. The molecule has 0 N–H and O–H groups in total. The van der Waals surface area contributed by atoms with E-state index in [1.54, 1.807) is 25.2 Å². The van der Waals surface area contributed by atoms with Crippen LogP contribution >= 0.6 is 0 Å². The van der Waals surface area contributed by atoms with E-state index >= 15 is 0 Å². The molecule has 1 aromatic carbocycles. The van der Waals surface area contributed by atoms with E-state index in [0.717, 1.165) is 37.2 Å². The van der Waals surface area contributed by atoms with Crippen LogP contribution in [0.25, 0.3) is 0 Å². The van der Waals surface area contributed by atoms with Crippen molar-refractivity contribution in [2.24, 2.45) is 5.41 Å². The Hall–Kier alpha value is -2.45. The Morgan fingerprint density at radius 1 is 1.27 bits per heavy atom. The normalized spacial score (nSPS) is 19.6. The zero-order valence-electron chi connectivity index (χ0n) is 18.2. The first kappa shape index (κ1) is 22.2. The van der Waals surface area contributed by atoms with Crippen molar-refractivity contribution in [2.75, 3.05) is 40.5 Å². The average molecular weight is 417 g/mol. The maximum absolute atomic E-state index is 12.8. The van der Waals surface area contributed by atoms with Gasteiger partial charge in [0.15, 0.2) is 0 Å². The number of ether oxygens (including phenoxy) is 3. The number of nitrogens with zero attached hydrogens (tertiary/aromatic N) is 4. The van der Waals surface area contributed by atoms with Crippen LogP contribution in [0, 0.1) is 5.41 Å². The number of benzene rings is 1. The Kier molecular flexibility index (Phi) is 7.81. The zero-order chi connectivity index (χ0) is 21.4. The molecular weight excluding hydrogens is 384 g/mol. The molecular formula is C22H32N4O4. The topological polar surface area (TPSA) is 78.7 Å². The molecule has 0 spiro atoms. The second kappa shape index (κ2) is 10.5. The van der Waals surface area contributed by atoms with Gasteiger partial charge in [-0.05, 0) is 50.4 Å². The number of carbonyl (C=O) groups excluding carboxylic acids is 1. The Bertz CT molecular complexity index is 811. The third-order valence-electron chi connectivity index (χ3n) is 5.70. The van der Waals surface area contributed by atoms with E-state index in [9.17, 15) is 4.79 Å². The summed E-state index contributed by atoms with van der Waals surface area (Å²) in [5.41, 5.74) is 1.73. The van der Waals surface area contributed by atoms with Crippen LogP contribution in [0.5, 0.6) is 5.75 Å². The summed E-state index contributed by atoms with van der Waals surface area (Å²) in [5, 5.41) is 4.19. The van der Waals surface area contributed by atoms with Gasteiger partial charge in [-0.1, -0.05) is 6.07 Å². The van der Waals surface area contributed by atoms with Crippen LogP contribution in [0.1, 0.15) is 37.3 Å². The minimum atomic E-state index is -0.500. The predicted molar refractivity (Wildman–Crippen MR) is 112 cm³/mol. The molecule has 0 bridgehead atoms. The predicted octanol–water partition coefficient (Wildman–Crippen LogP) is 2.52. The first-order valence-corrected chi connectivity index (χ1v) is 10.5. The van der Waals surface area contributed by atoms with Crippen LogP contribution in [0.2, 0.25) is 0 Å². The van der Waals surface area contributed by atoms with Crippen molar-refractivity contribution in [3.8, 4) is 5.75 Å². The van der Waals surface area contributed by atoms with E-state index in [4.69, 9.17) is 14.2 Å². The van der Waals surface area contributed by atoms with Crippen LogP contribution in [-0.2, 0) is 27.4 Å². The fourth-order valence-corrected chi connectivity index (χ4v) is 4.22. The molecule has 1 aliphatic rings. The molecule has 1 aromatic heterocycles. The third-order valence-corrected chi connectivity index (χ3v) is 5.70. The number of methoxy groups -OCH3 is 2. The molecule has 8 nitrogen and oxygen atoms in total. The lowest BCUT2D eigenvalue weighted by Gasteiger charge is -2.41. The Balaban J connectivity index is 1.75. The monoisotopic (exact) mass is 416 g/mol. The number of carbonyl (C=O) groups is 1. The van der Waals surface area contributed by atoms with Crippen LogP contribution in [0.15, 0.2) is 30.9 Å². The lowest BCUT2D eigenvalue weighted by atomic mass is 9.77. The number of hydrogen-bond acceptors (Lipinski definition) is 7. The zero-order valence-corrected chi connectivity index (χ0v) is 18.2. The minimum absolute atomic E-state index is 0.103. The molecule has 3 rings (SSSR count). The Morgan fingerprint density at radius 2 is 2.13 bits per heavy atom. The summed E-state index contributed by atoms with van der Waals surface area (Å²) in [4.78, 5) is 19.2. The molecule has 2 aromatic rings. The maximum Gasteiger partial charge on any atom is 0.313 e. The highest BCUT2D eigenvalue weighted by atomic mass is 16.5. The van der Waals surface area contributed by atoms with Gasteiger partial charge in [0.25, 0.3) is 0 Å². The van der Waals surface area contributed by atoms with Crippen molar-refractivity contribution >= 4 is 5.97 Å². The molecule has 8 heteroatoms. The lowest BCUT2D eigenvalue weighted by molar-refractivity contribution is -0.160. The molecule has 1 unspecified atom stereocenters. The molecule has 0 aliphatic carbocycles. The highest BCUT2D eigenvalue weighted by Gasteiger charge is 2.43. The van der Waals surface area contributed by atoms with Crippen LogP contribution < -0.4 is 4.74 Å². The van der Waals surface area contributed by atoms with Gasteiger partial charge in [-0.25, -0.2) is 9.67 Å². The smallest absolute Gasteiger partial charge is 0.313 e. The third kappa shape index (κ3) is 5.37. The molecule has 1 saturated heterocycles. The average Bonchev–Trinajstić information content (AvgIpc) is 3.26. The quantitative estimate of drug-likeness (QED) is 0.551. The molecule has 164 valence electrons. The molecule has 0 radical (unpaired) electrons. The van der Waals surface area contributed by atoms with Gasteiger partial charge in [-0.2, -0.15) is 5.10 Å². The van der Waals surface area contributed by atoms with Crippen LogP contribution in [0.4, 0.5) is 0 Å². The molecule has 1 aliphatic heterocycles. The summed E-state index contributed by atoms with van der Waals surface area (Å²) in [6.45, 7) is 5.81. The van der Waals surface area contributed by atoms with E-state index in [-0.39, 0.29) is 5.97 Å². The van der Waals surface area contributed by atoms with Crippen molar-refractivity contribution < 1.29 is 19.0 Å². The van der Waals surface area contributed by atoms with Crippen molar-refractivity contribution in [3.63, 3.8) is 0 Å². The van der Waals surface area contributed by atoms with Crippen molar-refractivity contribution in [1.29, 1.82) is 0 Å². The van der Waals surface area contributed by atoms with Gasteiger partial charge in [-0.15, -0.1) is 0 Å². The Morgan fingerprint density at radius 3 is 2.83 bits per heavy atom. The van der Waals surface area contributed by atoms with Gasteiger partial charge in [0.2, 0.25) is 0 Å². The minimum Gasteiger partial charge on any atom is -0.496 e. The van der Waals surface area contributed by atoms with E-state index < -0.39 is 5.41 Å². The number of hydrogen-bond donors (Lipinski definition) is 0. The molecule has 1 fully saturated rings. The second-order valence-corrected chi connectivity index (χ2v) is 7.80. The fourth-order valence-electron chi connectivity index (χ4n) is 4.22. The van der Waals surface area contributed by atoms with Gasteiger partial charge in [0, 0.05) is 32.4 Å². The lowest BCUT2D eigenvalue weighted by Crippen LogP contribution is -2.48. The molecule has 0 amide bonds. The highest BCUT2D eigenvalue weighted by molar-refractivity contribution is 5.77. The first-order valence-electron chi connectivity index (χ1n) is 10.5. The standard InChI is InChI=1S/C22H32N4O4/c1-4-30-21(27)22(9-11-28-2)8-5-10-25(15-22)13-18-6-7-20(29-3)19(12-18)14-26-17-23-16-24-26/h6-7,12,16-17H,4-5,8-11,13-15H2,1-3H3. The van der Waals surface area contributed by atoms with Gasteiger partial charge < -0.3 is 14.2 Å². The number of rotatable bonds is 10. The summed E-state index contributed by atoms with van der Waals surface area (Å²) in [5.74, 6) is 0.724. The first-order chi connectivity index (χ1) is 14.6. The SMILES string of the molecule is CCOC(=O)C1(CCOC)CCCN(Cc2ccc(OC)c(Cn3cncn3)c2)C1. The van der Waals surface area contributed by atoms with Crippen LogP contribution in [0.3, 0.4) is 0 Å². The molecule has 30 heavy (non-hydrogen) atoms. The summed E-state index contributed by atoms with van der Waals surface area (Å²) < 4.78 is 18.0. The van der Waals surface area contributed by atoms with E-state index in [2.05, 4.69) is 27.1 Å². The fraction of sp³-hybridized carbons (Fsp3) is 0.591. The summed E-state index contributed by atoms with van der Waals surface area (Å²) in [6.07, 6.45) is 5.70. The second-order valence-electron chi connectivity index (χ2n) is 7.80. The summed E-state index contributed by atoms with van der Waals surface area (Å²) in [6, 6.07) is 6.23. The Labute approximate surface area is 178 Å². The molecule has 2 heterocycles. The summed E-state index contributed by atoms with van der Waals surface area (Å²) >= 11 is 0. The number of piperidine rings is 1. The van der Waals surface area contributed by atoms with E-state index in [0.29, 0.717) is 32.7 Å². The molecule has 1 atom stereocenters. The summed E-state index contributed by atoms with van der Waals surface area (Å²) in [7, 11) is 3.35. The number of likely N-dealkylation sites (tertiary alicyclic amines) is 1. The van der Waals surface area contributed by atoms with Crippen molar-refractivity contribution in [3.05, 3.63) is 42.0 Å². The number of esters is 1. The number of aromatic nitrogens is 3. The van der Waals surface area contributed by atoms with Gasteiger partial charge in [0.1, 0.15) is 18.4 Å². The van der Waals surface area contributed by atoms with Crippen molar-refractivity contribution in [1.82, 2.24) is 19.7 Å². The molecule has 0 saturated carbocycles.